The van der Waals surface area contributed by atoms with Crippen LogP contribution in [0.15, 0.2) is 53.7 Å². The van der Waals surface area contributed by atoms with Crippen molar-refractivity contribution in [2.45, 2.75) is 12.1 Å². The van der Waals surface area contributed by atoms with E-state index in [1.54, 1.807) is 18.2 Å². The lowest BCUT2D eigenvalue weighted by Crippen LogP contribution is -2.35. The molecule has 4 aromatic rings. The number of urea groups is 1. The van der Waals surface area contributed by atoms with Gasteiger partial charge in [-0.1, -0.05) is 30.0 Å². The molecule has 10 heteroatoms. The van der Waals surface area contributed by atoms with E-state index in [0.29, 0.717) is 41.2 Å². The van der Waals surface area contributed by atoms with Crippen LogP contribution in [0.2, 0.25) is 0 Å². The highest BCUT2D eigenvalue weighted by molar-refractivity contribution is 7.99. The van der Waals surface area contributed by atoms with Crippen LogP contribution in [0.3, 0.4) is 0 Å². The molecular formula is C22H19N5O4S. The zero-order chi connectivity index (χ0) is 22.1. The van der Waals surface area contributed by atoms with E-state index in [1.807, 2.05) is 41.7 Å². The van der Waals surface area contributed by atoms with E-state index in [9.17, 15) is 9.59 Å². The van der Waals surface area contributed by atoms with E-state index in [2.05, 4.69) is 20.8 Å². The lowest BCUT2D eigenvalue weighted by Gasteiger charge is -2.19. The molecule has 0 fully saturated rings. The molecule has 0 atom stereocenters. The smallest absolute Gasteiger partial charge is 0.325 e. The SMILES string of the molecule is Cc1cc2nnc(SCC(=O)NC(=O)Nc3ccc4c(c3)OCCO4)n2c2ccccc12. The number of carbonyl (C=O) groups is 2. The first-order valence-corrected chi connectivity index (χ1v) is 10.9. The summed E-state index contributed by atoms with van der Waals surface area (Å²) in [5.74, 6) is 0.741. The number of hydrogen-bond acceptors (Lipinski definition) is 7. The van der Waals surface area contributed by atoms with Gasteiger partial charge < -0.3 is 14.8 Å². The molecule has 32 heavy (non-hydrogen) atoms. The van der Waals surface area contributed by atoms with Crippen LogP contribution in [-0.4, -0.2) is 45.5 Å². The van der Waals surface area contributed by atoms with Crippen LogP contribution < -0.4 is 20.1 Å². The van der Waals surface area contributed by atoms with E-state index in [4.69, 9.17) is 9.47 Å². The van der Waals surface area contributed by atoms with Gasteiger partial charge in [0.2, 0.25) is 5.91 Å². The van der Waals surface area contributed by atoms with Crippen molar-refractivity contribution in [3.8, 4) is 11.5 Å². The monoisotopic (exact) mass is 449 g/mol. The number of nitrogens with zero attached hydrogens (tertiary/aromatic N) is 3. The number of para-hydroxylation sites is 1. The molecule has 5 rings (SSSR count). The third-order valence-electron chi connectivity index (χ3n) is 4.96. The zero-order valence-electron chi connectivity index (χ0n) is 17.1. The number of fused-ring (bicyclic) bond motifs is 4. The van der Waals surface area contributed by atoms with Crippen molar-refractivity contribution >= 4 is 45.9 Å². The molecule has 0 saturated heterocycles. The number of aromatic nitrogens is 3. The Morgan fingerprint density at radius 2 is 1.88 bits per heavy atom. The van der Waals surface area contributed by atoms with Crippen LogP contribution in [0.5, 0.6) is 11.5 Å². The molecular weight excluding hydrogens is 430 g/mol. The number of benzene rings is 2. The van der Waals surface area contributed by atoms with Gasteiger partial charge >= 0.3 is 6.03 Å². The van der Waals surface area contributed by atoms with Crippen molar-refractivity contribution in [1.29, 1.82) is 0 Å². The molecule has 162 valence electrons. The Kier molecular flexibility index (Phi) is 5.28. The van der Waals surface area contributed by atoms with Crippen molar-refractivity contribution in [2.24, 2.45) is 0 Å². The molecule has 3 amide bonds. The molecule has 2 aromatic heterocycles. The van der Waals surface area contributed by atoms with Crippen LogP contribution in [0.4, 0.5) is 10.5 Å². The van der Waals surface area contributed by atoms with Crippen LogP contribution in [0.1, 0.15) is 5.56 Å². The quantitative estimate of drug-likeness (QED) is 0.460. The van der Waals surface area contributed by atoms with Gasteiger partial charge in [-0.05, 0) is 36.8 Å². The van der Waals surface area contributed by atoms with Crippen LogP contribution in [0.25, 0.3) is 16.6 Å². The third-order valence-corrected chi connectivity index (χ3v) is 5.89. The first-order chi connectivity index (χ1) is 15.6. The summed E-state index contributed by atoms with van der Waals surface area (Å²) < 4.78 is 12.9. The van der Waals surface area contributed by atoms with E-state index in [1.165, 1.54) is 11.8 Å². The number of anilines is 1. The predicted molar refractivity (Wildman–Crippen MR) is 121 cm³/mol. The Balaban J connectivity index is 1.24. The van der Waals surface area contributed by atoms with Gasteiger partial charge in [-0.25, -0.2) is 4.79 Å². The average Bonchev–Trinajstić information content (AvgIpc) is 3.20. The van der Waals surface area contributed by atoms with Gasteiger partial charge in [0.15, 0.2) is 22.3 Å². The van der Waals surface area contributed by atoms with Gasteiger partial charge in [0.05, 0.1) is 11.3 Å². The summed E-state index contributed by atoms with van der Waals surface area (Å²) in [6.07, 6.45) is 0. The molecule has 3 heterocycles. The second-order valence-corrected chi connectivity index (χ2v) is 8.11. The second kappa shape index (κ2) is 8.39. The van der Waals surface area contributed by atoms with Crippen LogP contribution in [0, 0.1) is 6.92 Å². The van der Waals surface area contributed by atoms with Gasteiger partial charge in [0, 0.05) is 17.1 Å². The predicted octanol–water partition coefficient (Wildman–Crippen LogP) is 3.40. The number of thioether (sulfide) groups is 1. The largest absolute Gasteiger partial charge is 0.486 e. The number of imide groups is 1. The van der Waals surface area contributed by atoms with Crippen molar-refractivity contribution in [2.75, 3.05) is 24.3 Å². The summed E-state index contributed by atoms with van der Waals surface area (Å²) >= 11 is 1.21. The van der Waals surface area contributed by atoms with Crippen molar-refractivity contribution in [1.82, 2.24) is 19.9 Å². The summed E-state index contributed by atoms with van der Waals surface area (Å²) in [6, 6.07) is 14.3. The molecule has 0 bridgehead atoms. The topological polar surface area (TPSA) is 107 Å². The third kappa shape index (κ3) is 3.92. The van der Waals surface area contributed by atoms with Crippen molar-refractivity contribution in [3.63, 3.8) is 0 Å². The molecule has 2 aromatic carbocycles. The van der Waals surface area contributed by atoms with Crippen LogP contribution in [-0.2, 0) is 4.79 Å². The molecule has 0 saturated carbocycles. The molecule has 0 unspecified atom stereocenters. The lowest BCUT2D eigenvalue weighted by molar-refractivity contribution is -0.117. The van der Waals surface area contributed by atoms with Gasteiger partial charge in [0.25, 0.3) is 0 Å². The molecule has 0 aliphatic carbocycles. The standard InChI is InChI=1S/C22H19N5O4S/c1-13-10-19-25-26-22(27(19)16-5-3-2-4-15(13)16)32-12-20(28)24-21(29)23-14-6-7-17-18(11-14)31-9-8-30-17/h2-7,10-11H,8-9,12H2,1H3,(H2,23,24,28,29). The van der Waals surface area contributed by atoms with Gasteiger partial charge in [0.1, 0.15) is 13.2 Å². The highest BCUT2D eigenvalue weighted by Crippen LogP contribution is 2.32. The maximum atomic E-state index is 12.3. The van der Waals surface area contributed by atoms with E-state index in [0.717, 1.165) is 16.5 Å². The average molecular weight is 449 g/mol. The van der Waals surface area contributed by atoms with Crippen LogP contribution >= 0.6 is 11.8 Å². The van der Waals surface area contributed by atoms with E-state index < -0.39 is 11.9 Å². The Morgan fingerprint density at radius 1 is 1.06 bits per heavy atom. The number of ether oxygens (including phenoxy) is 2. The fraction of sp³-hybridized carbons (Fsp3) is 0.182. The number of amides is 3. The summed E-state index contributed by atoms with van der Waals surface area (Å²) in [7, 11) is 0. The minimum Gasteiger partial charge on any atom is -0.486 e. The fourth-order valence-electron chi connectivity index (χ4n) is 3.54. The summed E-state index contributed by atoms with van der Waals surface area (Å²) in [6.45, 7) is 2.96. The molecule has 9 nitrogen and oxygen atoms in total. The lowest BCUT2D eigenvalue weighted by atomic mass is 10.1. The number of rotatable bonds is 4. The maximum Gasteiger partial charge on any atom is 0.325 e. The number of nitrogens with one attached hydrogen (secondary N) is 2. The Hall–Kier alpha value is -3.79. The second-order valence-electron chi connectivity index (χ2n) is 7.17. The fourth-order valence-corrected chi connectivity index (χ4v) is 4.30. The number of carbonyl (C=O) groups excluding carboxylic acids is 2. The minimum atomic E-state index is -0.626. The summed E-state index contributed by atoms with van der Waals surface area (Å²) in [5.41, 5.74) is 3.27. The minimum absolute atomic E-state index is 0.0115. The van der Waals surface area contributed by atoms with Crippen molar-refractivity contribution < 1.29 is 19.1 Å². The molecule has 0 radical (unpaired) electrons. The number of pyridine rings is 1. The molecule has 1 aliphatic heterocycles. The Labute approximate surface area is 187 Å². The molecule has 2 N–H and O–H groups in total. The highest BCUT2D eigenvalue weighted by atomic mass is 32.2. The Bertz CT molecular complexity index is 1350. The number of hydrogen-bond donors (Lipinski definition) is 2. The van der Waals surface area contributed by atoms with Gasteiger partial charge in [-0.3, -0.25) is 14.5 Å². The molecule has 0 spiro atoms. The first-order valence-electron chi connectivity index (χ1n) is 9.95. The first kappa shape index (κ1) is 20.1. The Morgan fingerprint density at radius 3 is 2.75 bits per heavy atom. The van der Waals surface area contributed by atoms with E-state index in [-0.39, 0.29) is 5.75 Å². The normalized spacial score (nSPS) is 12.7. The zero-order valence-corrected chi connectivity index (χ0v) is 17.9. The van der Waals surface area contributed by atoms with E-state index >= 15 is 0 Å². The summed E-state index contributed by atoms with van der Waals surface area (Å²) in [4.78, 5) is 24.5. The summed E-state index contributed by atoms with van der Waals surface area (Å²) in [5, 5.41) is 15.1. The number of aryl methyl sites for hydroxylation is 1. The maximum absolute atomic E-state index is 12.3. The van der Waals surface area contributed by atoms with Gasteiger partial charge in [-0.2, -0.15) is 0 Å². The van der Waals surface area contributed by atoms with Gasteiger partial charge in [-0.15, -0.1) is 10.2 Å². The highest BCUT2D eigenvalue weighted by Gasteiger charge is 2.16. The van der Waals surface area contributed by atoms with Crippen molar-refractivity contribution in [3.05, 3.63) is 54.1 Å². The molecule has 1 aliphatic rings.